The first kappa shape index (κ1) is 23.0. The number of anilines is 1. The van der Waals surface area contributed by atoms with Crippen LogP contribution in [-0.2, 0) is 20.9 Å². The van der Waals surface area contributed by atoms with E-state index in [1.165, 1.54) is 0 Å². The van der Waals surface area contributed by atoms with Gasteiger partial charge in [-0.3, -0.25) is 19.5 Å². The van der Waals surface area contributed by atoms with Gasteiger partial charge in [0, 0.05) is 23.0 Å². The van der Waals surface area contributed by atoms with Crippen molar-refractivity contribution in [1.82, 2.24) is 25.3 Å². The third-order valence-corrected chi connectivity index (χ3v) is 5.30. The Balaban J connectivity index is 1.20. The molecule has 4 rings (SSSR count). The van der Waals surface area contributed by atoms with Gasteiger partial charge in [0.05, 0.1) is 24.7 Å². The number of ether oxygens (including phenoxy) is 1. The first-order valence-corrected chi connectivity index (χ1v) is 10.8. The number of rotatable bonds is 9. The zero-order valence-corrected chi connectivity index (χ0v) is 18.7. The fourth-order valence-corrected chi connectivity index (χ4v) is 3.44. The Hall–Kier alpha value is -4.18. The molecule has 0 fully saturated rings. The number of benzene rings is 2. The first-order chi connectivity index (χ1) is 16.5. The largest absolute Gasteiger partial charge is 0.456 e. The van der Waals surface area contributed by atoms with Crippen LogP contribution in [0.15, 0.2) is 60.8 Å². The Bertz CT molecular complexity index is 1330. The van der Waals surface area contributed by atoms with E-state index in [4.69, 9.17) is 16.3 Å². The van der Waals surface area contributed by atoms with Gasteiger partial charge in [-0.05, 0) is 17.7 Å². The Morgan fingerprint density at radius 2 is 1.85 bits per heavy atom. The van der Waals surface area contributed by atoms with E-state index >= 15 is 0 Å². The van der Waals surface area contributed by atoms with Crippen LogP contribution in [0.5, 0.6) is 0 Å². The number of esters is 1. The van der Waals surface area contributed by atoms with Crippen molar-refractivity contribution in [1.29, 1.82) is 0 Å². The minimum atomic E-state index is -0.619. The number of aromatic nitrogens is 4. The van der Waals surface area contributed by atoms with Crippen molar-refractivity contribution in [3.63, 3.8) is 0 Å². The summed E-state index contributed by atoms with van der Waals surface area (Å²) in [6, 6.07) is 16.2. The summed E-state index contributed by atoms with van der Waals surface area (Å²) in [6.45, 7) is -0.0494. The van der Waals surface area contributed by atoms with Crippen LogP contribution in [0, 0.1) is 0 Å². The van der Waals surface area contributed by atoms with Crippen LogP contribution in [0.25, 0.3) is 10.9 Å². The van der Waals surface area contributed by atoms with Crippen LogP contribution < -0.4 is 10.6 Å². The number of para-hydroxylation sites is 1. The Morgan fingerprint density at radius 3 is 2.71 bits per heavy atom. The molecular weight excluding hydrogens is 460 g/mol. The summed E-state index contributed by atoms with van der Waals surface area (Å²) in [7, 11) is 0. The number of hydrogen-bond donors (Lipinski definition) is 3. The van der Waals surface area contributed by atoms with E-state index in [1.54, 1.807) is 35.1 Å². The van der Waals surface area contributed by atoms with Crippen molar-refractivity contribution < 1.29 is 19.1 Å². The van der Waals surface area contributed by atoms with Crippen LogP contribution in [-0.4, -0.2) is 50.9 Å². The minimum absolute atomic E-state index is 0.0467. The molecule has 0 saturated heterocycles. The average molecular weight is 481 g/mol. The molecule has 0 atom stereocenters. The Morgan fingerprint density at radius 1 is 1.06 bits per heavy atom. The van der Waals surface area contributed by atoms with Gasteiger partial charge in [-0.2, -0.15) is 10.2 Å². The fraction of sp³-hybridized carbons (Fsp3) is 0.174. The van der Waals surface area contributed by atoms with Crippen LogP contribution in [0.4, 0.5) is 5.82 Å². The minimum Gasteiger partial charge on any atom is -0.456 e. The highest BCUT2D eigenvalue weighted by Crippen LogP contribution is 2.18. The summed E-state index contributed by atoms with van der Waals surface area (Å²) in [4.78, 5) is 36.5. The molecule has 0 spiro atoms. The van der Waals surface area contributed by atoms with Crippen molar-refractivity contribution in [3.8, 4) is 0 Å². The molecule has 174 valence electrons. The van der Waals surface area contributed by atoms with Gasteiger partial charge in [-0.15, -0.1) is 0 Å². The molecule has 11 heteroatoms. The predicted octanol–water partition coefficient (Wildman–Crippen LogP) is 2.76. The van der Waals surface area contributed by atoms with Crippen molar-refractivity contribution in [2.24, 2.45) is 0 Å². The summed E-state index contributed by atoms with van der Waals surface area (Å²) in [5.74, 6) is -1.09. The SMILES string of the molecule is O=C(COC(=O)CCNC(=O)c1n[nH]c2ccccc12)Nc1ccnn1Cc1ccccc1Cl. The van der Waals surface area contributed by atoms with Crippen molar-refractivity contribution >= 4 is 46.1 Å². The van der Waals surface area contributed by atoms with E-state index in [0.29, 0.717) is 22.8 Å². The number of aromatic amines is 1. The number of hydrogen-bond acceptors (Lipinski definition) is 6. The molecule has 0 unspecified atom stereocenters. The maximum absolute atomic E-state index is 12.3. The lowest BCUT2D eigenvalue weighted by Gasteiger charge is -2.10. The van der Waals surface area contributed by atoms with Crippen molar-refractivity contribution in [2.75, 3.05) is 18.5 Å². The molecule has 2 aromatic carbocycles. The van der Waals surface area contributed by atoms with Crippen LogP contribution in [0.1, 0.15) is 22.5 Å². The summed E-state index contributed by atoms with van der Waals surface area (Å²) < 4.78 is 6.58. The highest BCUT2D eigenvalue weighted by Gasteiger charge is 2.15. The third-order valence-electron chi connectivity index (χ3n) is 4.93. The summed E-state index contributed by atoms with van der Waals surface area (Å²) >= 11 is 6.18. The second kappa shape index (κ2) is 10.6. The lowest BCUT2D eigenvalue weighted by molar-refractivity contribution is -0.147. The summed E-state index contributed by atoms with van der Waals surface area (Å²) in [6.07, 6.45) is 1.45. The van der Waals surface area contributed by atoms with E-state index in [9.17, 15) is 14.4 Å². The molecule has 0 aliphatic heterocycles. The molecule has 0 bridgehead atoms. The second-order valence-corrected chi connectivity index (χ2v) is 7.71. The molecule has 2 amide bonds. The van der Waals surface area contributed by atoms with Gasteiger partial charge in [-0.25, -0.2) is 4.68 Å². The van der Waals surface area contributed by atoms with Gasteiger partial charge in [-0.1, -0.05) is 48.0 Å². The quantitative estimate of drug-likeness (QED) is 0.316. The van der Waals surface area contributed by atoms with E-state index in [1.807, 2.05) is 30.3 Å². The number of carbonyl (C=O) groups excluding carboxylic acids is 3. The summed E-state index contributed by atoms with van der Waals surface area (Å²) in [5.41, 5.74) is 1.84. The average Bonchev–Trinajstić information content (AvgIpc) is 3.46. The smallest absolute Gasteiger partial charge is 0.308 e. The van der Waals surface area contributed by atoms with E-state index in [-0.39, 0.29) is 18.7 Å². The maximum atomic E-state index is 12.3. The van der Waals surface area contributed by atoms with E-state index in [2.05, 4.69) is 25.9 Å². The number of amides is 2. The van der Waals surface area contributed by atoms with Crippen molar-refractivity contribution in [2.45, 2.75) is 13.0 Å². The Labute approximate surface area is 199 Å². The highest BCUT2D eigenvalue weighted by molar-refractivity contribution is 6.31. The van der Waals surface area contributed by atoms with Gasteiger partial charge in [0.1, 0.15) is 5.82 Å². The van der Waals surface area contributed by atoms with Crippen LogP contribution >= 0.6 is 11.6 Å². The molecule has 0 aliphatic rings. The Kier molecular flexibility index (Phi) is 7.19. The zero-order valence-electron chi connectivity index (χ0n) is 18.0. The molecule has 4 aromatic rings. The number of nitrogens with one attached hydrogen (secondary N) is 3. The monoisotopic (exact) mass is 480 g/mol. The number of nitrogens with zero attached hydrogens (tertiary/aromatic N) is 3. The van der Waals surface area contributed by atoms with E-state index in [0.717, 1.165) is 11.1 Å². The predicted molar refractivity (Wildman–Crippen MR) is 125 cm³/mol. The van der Waals surface area contributed by atoms with Gasteiger partial charge >= 0.3 is 5.97 Å². The topological polar surface area (TPSA) is 131 Å². The summed E-state index contributed by atoms with van der Waals surface area (Å²) in [5, 5.41) is 17.5. The molecule has 0 saturated carbocycles. The van der Waals surface area contributed by atoms with Gasteiger partial charge in [0.2, 0.25) is 0 Å². The van der Waals surface area contributed by atoms with Crippen LogP contribution in [0.2, 0.25) is 5.02 Å². The van der Waals surface area contributed by atoms with Gasteiger partial charge in [0.15, 0.2) is 12.3 Å². The molecule has 2 heterocycles. The van der Waals surface area contributed by atoms with Crippen molar-refractivity contribution in [3.05, 3.63) is 77.1 Å². The first-order valence-electron chi connectivity index (χ1n) is 10.4. The number of halogens is 1. The van der Waals surface area contributed by atoms with Gasteiger partial charge < -0.3 is 15.4 Å². The molecule has 10 nitrogen and oxygen atoms in total. The second-order valence-electron chi connectivity index (χ2n) is 7.30. The molecular formula is C23H21ClN6O4. The number of H-pyrrole nitrogens is 1. The fourth-order valence-electron chi connectivity index (χ4n) is 3.25. The molecule has 2 aromatic heterocycles. The zero-order chi connectivity index (χ0) is 23.9. The lowest BCUT2D eigenvalue weighted by Crippen LogP contribution is -2.28. The molecule has 0 radical (unpaired) electrons. The van der Waals surface area contributed by atoms with Gasteiger partial charge in [0.25, 0.3) is 11.8 Å². The van der Waals surface area contributed by atoms with Crippen LogP contribution in [0.3, 0.4) is 0 Å². The maximum Gasteiger partial charge on any atom is 0.308 e. The standard InChI is InChI=1S/C23H21ClN6O4/c24-17-7-3-1-5-15(17)13-30-19(9-12-26-30)27-20(31)14-34-21(32)10-11-25-23(33)22-16-6-2-4-8-18(16)28-29-22/h1-9,12H,10-11,13-14H2,(H,25,33)(H,27,31)(H,28,29). The number of carbonyl (C=O) groups is 3. The molecule has 34 heavy (non-hydrogen) atoms. The highest BCUT2D eigenvalue weighted by atomic mass is 35.5. The normalized spacial score (nSPS) is 10.7. The number of fused-ring (bicyclic) bond motifs is 1. The molecule has 3 N–H and O–H groups in total. The lowest BCUT2D eigenvalue weighted by atomic mass is 10.2. The third kappa shape index (κ3) is 5.59. The van der Waals surface area contributed by atoms with E-state index < -0.39 is 24.4 Å². The molecule has 0 aliphatic carbocycles.